The fourth-order valence-electron chi connectivity index (χ4n) is 0.470. The van der Waals surface area contributed by atoms with Gasteiger partial charge in [-0.1, -0.05) is 19.1 Å². The van der Waals surface area contributed by atoms with Gasteiger partial charge in [-0.15, -0.1) is 11.4 Å². The molecule has 0 spiro atoms. The number of rotatable bonds is 0. The molecule has 0 amide bonds. The molecule has 0 saturated carbocycles. The zero-order valence-corrected chi connectivity index (χ0v) is 3.81. The molecule has 0 N–H and O–H groups in total. The van der Waals surface area contributed by atoms with Crippen molar-refractivity contribution in [1.82, 2.24) is 0 Å². The van der Waals surface area contributed by atoms with E-state index in [4.69, 9.17) is 0 Å². The molecule has 0 aliphatic carbocycles. The lowest BCUT2D eigenvalue weighted by atomic mass is 9.74. The molecule has 0 bridgehead atoms. The molecule has 1 aliphatic rings. The van der Waals surface area contributed by atoms with Gasteiger partial charge in [0, 0.05) is 0 Å². The van der Waals surface area contributed by atoms with Crippen LogP contribution < -0.4 is 0 Å². The van der Waals surface area contributed by atoms with E-state index in [-0.39, 0.29) is 0 Å². The zero-order valence-electron chi connectivity index (χ0n) is 3.81. The molecule has 1 heteroatoms. The molecule has 29 valence electrons. The van der Waals surface area contributed by atoms with Crippen molar-refractivity contribution in [3.05, 3.63) is 23.6 Å². The molecule has 0 aromatic carbocycles. The third-order valence-electron chi connectivity index (χ3n) is 0.829. The lowest BCUT2D eigenvalue weighted by Crippen LogP contribution is -1.77. The van der Waals surface area contributed by atoms with Gasteiger partial charge in [0.15, 0.2) is 7.28 Å². The molecule has 0 unspecified atom stereocenters. The first-order chi connectivity index (χ1) is 2.89. The lowest BCUT2D eigenvalue weighted by molar-refractivity contribution is 1.67. The van der Waals surface area contributed by atoms with E-state index in [1.165, 1.54) is 5.47 Å². The van der Waals surface area contributed by atoms with Crippen LogP contribution in [0.2, 0.25) is 0 Å². The van der Waals surface area contributed by atoms with Crippen LogP contribution in [0.1, 0.15) is 6.92 Å². The molecular formula is C5H6B. The van der Waals surface area contributed by atoms with Crippen molar-refractivity contribution in [2.75, 3.05) is 0 Å². The third-order valence-corrected chi connectivity index (χ3v) is 0.829. The van der Waals surface area contributed by atoms with Crippen LogP contribution in [0.25, 0.3) is 0 Å². The predicted octanol–water partition coefficient (Wildman–Crippen LogP) is 1.12. The second kappa shape index (κ2) is 1.33. The second-order valence-electron chi connectivity index (χ2n) is 1.46. The fourth-order valence-corrected chi connectivity index (χ4v) is 0.470. The van der Waals surface area contributed by atoms with Gasteiger partial charge in [0.25, 0.3) is 0 Å². The van der Waals surface area contributed by atoms with Crippen molar-refractivity contribution >= 4 is 7.28 Å². The topological polar surface area (TPSA) is 0 Å². The van der Waals surface area contributed by atoms with Crippen LogP contribution in [0.15, 0.2) is 23.6 Å². The SMILES string of the molecule is CC1=CC=C[B]1. The summed E-state index contributed by atoms with van der Waals surface area (Å²) in [6, 6.07) is 0. The summed E-state index contributed by atoms with van der Waals surface area (Å²) in [4.78, 5) is 0. The van der Waals surface area contributed by atoms with Crippen molar-refractivity contribution in [3.8, 4) is 0 Å². The number of allylic oxidation sites excluding steroid dienone is 3. The van der Waals surface area contributed by atoms with E-state index in [1.807, 2.05) is 12.1 Å². The Morgan fingerprint density at radius 1 is 1.67 bits per heavy atom. The van der Waals surface area contributed by atoms with E-state index in [0.29, 0.717) is 0 Å². The smallest absolute Gasteiger partial charge is 0.117 e. The Balaban J connectivity index is 2.61. The predicted molar refractivity (Wildman–Crippen MR) is 28.7 cm³/mol. The summed E-state index contributed by atoms with van der Waals surface area (Å²) in [5.41, 5.74) is 1.34. The summed E-state index contributed by atoms with van der Waals surface area (Å²) in [6.45, 7) is 2.08. The zero-order chi connectivity index (χ0) is 4.41. The van der Waals surface area contributed by atoms with Crippen LogP contribution in [-0.2, 0) is 0 Å². The summed E-state index contributed by atoms with van der Waals surface area (Å²) in [5, 5.41) is 0. The van der Waals surface area contributed by atoms with E-state index < -0.39 is 0 Å². The highest BCUT2D eigenvalue weighted by atomic mass is 13.7. The van der Waals surface area contributed by atoms with Gasteiger partial charge < -0.3 is 0 Å². The van der Waals surface area contributed by atoms with E-state index in [9.17, 15) is 0 Å². The van der Waals surface area contributed by atoms with Gasteiger partial charge in [-0.2, -0.15) is 0 Å². The molecule has 1 heterocycles. The van der Waals surface area contributed by atoms with Crippen LogP contribution >= 0.6 is 0 Å². The molecule has 0 saturated heterocycles. The van der Waals surface area contributed by atoms with E-state index in [0.717, 1.165) is 0 Å². The fraction of sp³-hybridized carbons (Fsp3) is 0.200. The maximum Gasteiger partial charge on any atom is 0.175 e. The van der Waals surface area contributed by atoms with Crippen LogP contribution in [-0.4, -0.2) is 7.28 Å². The molecule has 0 fully saturated rings. The van der Waals surface area contributed by atoms with Crippen LogP contribution in [0.4, 0.5) is 0 Å². The summed E-state index contributed by atoms with van der Waals surface area (Å²) in [6.07, 6.45) is 4.12. The third kappa shape index (κ3) is 0.536. The van der Waals surface area contributed by atoms with Gasteiger partial charge in [0.2, 0.25) is 0 Å². The van der Waals surface area contributed by atoms with Crippen molar-refractivity contribution < 1.29 is 0 Å². The average molecular weight is 76.9 g/mol. The van der Waals surface area contributed by atoms with E-state index in [1.54, 1.807) is 0 Å². The maximum absolute atomic E-state index is 2.08. The Morgan fingerprint density at radius 2 is 2.50 bits per heavy atom. The first-order valence-electron chi connectivity index (χ1n) is 2.08. The van der Waals surface area contributed by atoms with Crippen molar-refractivity contribution in [2.45, 2.75) is 6.92 Å². The Morgan fingerprint density at radius 3 is 2.67 bits per heavy atom. The monoisotopic (exact) mass is 77.1 g/mol. The van der Waals surface area contributed by atoms with E-state index >= 15 is 0 Å². The summed E-state index contributed by atoms with van der Waals surface area (Å²) < 4.78 is 0. The van der Waals surface area contributed by atoms with Crippen molar-refractivity contribution in [3.63, 3.8) is 0 Å². The molecule has 0 aromatic rings. The quantitative estimate of drug-likeness (QED) is 0.380. The highest BCUT2D eigenvalue weighted by Gasteiger charge is 1.89. The molecular weight excluding hydrogens is 70.9 g/mol. The standard InChI is InChI=1S/C5H6B/c1-5-3-2-4-6-5/h2-4H,1H3. The van der Waals surface area contributed by atoms with Crippen molar-refractivity contribution in [2.24, 2.45) is 0 Å². The maximum atomic E-state index is 2.08. The summed E-state index contributed by atoms with van der Waals surface area (Å²) >= 11 is 0. The van der Waals surface area contributed by atoms with Gasteiger partial charge >= 0.3 is 0 Å². The minimum Gasteiger partial charge on any atom is -0.117 e. The molecule has 6 heavy (non-hydrogen) atoms. The summed E-state index contributed by atoms with van der Waals surface area (Å²) in [7, 11) is 2.08. The molecule has 0 atom stereocenters. The van der Waals surface area contributed by atoms with Gasteiger partial charge in [-0.05, 0) is 0 Å². The molecule has 0 nitrogen and oxygen atoms in total. The highest BCUT2D eigenvalue weighted by molar-refractivity contribution is 6.52. The Bertz CT molecular complexity index is 101. The van der Waals surface area contributed by atoms with Crippen LogP contribution in [0, 0.1) is 0 Å². The number of hydrogen-bond acceptors (Lipinski definition) is 0. The van der Waals surface area contributed by atoms with E-state index in [2.05, 4.69) is 20.3 Å². The minimum atomic E-state index is 1.34. The Kier molecular flexibility index (Phi) is 0.828. The lowest BCUT2D eigenvalue weighted by Gasteiger charge is -1.76. The van der Waals surface area contributed by atoms with Gasteiger partial charge in [0.05, 0.1) is 0 Å². The average Bonchev–Trinajstić information content (AvgIpc) is 1.86. The molecule has 0 aromatic heterocycles. The first-order valence-corrected chi connectivity index (χ1v) is 2.08. The molecule has 1 radical (unpaired) electrons. The molecule has 1 rings (SSSR count). The minimum absolute atomic E-state index is 1.34. The highest BCUT2D eigenvalue weighted by Crippen LogP contribution is 1.96. The van der Waals surface area contributed by atoms with Gasteiger partial charge in [-0.25, -0.2) is 0 Å². The Labute approximate surface area is 38.8 Å². The Hall–Kier alpha value is -0.455. The largest absolute Gasteiger partial charge is 0.175 e. The first kappa shape index (κ1) is 3.73. The van der Waals surface area contributed by atoms with Gasteiger partial charge in [0.1, 0.15) is 0 Å². The summed E-state index contributed by atoms with van der Waals surface area (Å²) in [5.74, 6) is 2.04. The number of hydrogen-bond donors (Lipinski definition) is 0. The second-order valence-corrected chi connectivity index (χ2v) is 1.46. The molecule has 1 aliphatic heterocycles. The van der Waals surface area contributed by atoms with Crippen molar-refractivity contribution in [1.29, 1.82) is 0 Å². The van der Waals surface area contributed by atoms with Crippen LogP contribution in [0.3, 0.4) is 0 Å². The van der Waals surface area contributed by atoms with Gasteiger partial charge in [-0.3, -0.25) is 0 Å². The normalized spacial score (nSPS) is 17.2. The van der Waals surface area contributed by atoms with Crippen LogP contribution in [0.5, 0.6) is 0 Å².